The molecule has 1 aliphatic heterocycles. The lowest BCUT2D eigenvalue weighted by Gasteiger charge is -2.27. The van der Waals surface area contributed by atoms with Gasteiger partial charge in [-0.2, -0.15) is 5.26 Å². The van der Waals surface area contributed by atoms with Gasteiger partial charge < -0.3 is 4.90 Å². The van der Waals surface area contributed by atoms with E-state index in [1.165, 1.54) is 0 Å². The normalized spacial score (nSPS) is 20.5. The van der Waals surface area contributed by atoms with Crippen molar-refractivity contribution in [3.05, 3.63) is 36.7 Å². The molecule has 0 N–H and O–H groups in total. The van der Waals surface area contributed by atoms with Crippen molar-refractivity contribution < 1.29 is 0 Å². The van der Waals surface area contributed by atoms with E-state index in [9.17, 15) is 0 Å². The Balaban J connectivity index is 2.15. The van der Waals surface area contributed by atoms with Crippen molar-refractivity contribution >= 4 is 5.69 Å². The van der Waals surface area contributed by atoms with Crippen molar-refractivity contribution in [1.82, 2.24) is 4.98 Å². The van der Waals surface area contributed by atoms with E-state index in [4.69, 9.17) is 5.26 Å². The van der Waals surface area contributed by atoms with Gasteiger partial charge in [-0.3, -0.25) is 4.98 Å². The zero-order valence-electron chi connectivity index (χ0n) is 7.80. The molecule has 0 aliphatic carbocycles. The number of aromatic nitrogens is 1. The van der Waals surface area contributed by atoms with E-state index in [1.807, 2.05) is 30.5 Å². The van der Waals surface area contributed by atoms with E-state index >= 15 is 0 Å². The lowest BCUT2D eigenvalue weighted by atomic mass is 10.1. The third kappa shape index (κ3) is 1.74. The summed E-state index contributed by atoms with van der Waals surface area (Å²) in [5, 5.41) is 8.81. The number of pyridine rings is 1. The molecule has 3 heteroatoms. The van der Waals surface area contributed by atoms with Crippen molar-refractivity contribution in [2.45, 2.75) is 0 Å². The second-order valence-corrected chi connectivity index (χ2v) is 3.28. The summed E-state index contributed by atoms with van der Waals surface area (Å²) in [5.74, 6) is 0.00366. The number of hydrogen-bond donors (Lipinski definition) is 0. The van der Waals surface area contributed by atoms with Crippen LogP contribution in [0, 0.1) is 17.2 Å². The minimum absolute atomic E-state index is 0.00366. The van der Waals surface area contributed by atoms with Crippen LogP contribution in [0.3, 0.4) is 0 Å². The van der Waals surface area contributed by atoms with E-state index in [1.54, 1.807) is 6.20 Å². The molecule has 1 unspecified atom stereocenters. The van der Waals surface area contributed by atoms with Gasteiger partial charge in [-0.25, -0.2) is 0 Å². The molecule has 1 atom stereocenters. The van der Waals surface area contributed by atoms with Gasteiger partial charge in [0.2, 0.25) is 0 Å². The first-order valence-electron chi connectivity index (χ1n) is 4.61. The Labute approximate surface area is 83.3 Å². The zero-order chi connectivity index (χ0) is 9.80. The highest BCUT2D eigenvalue weighted by atomic mass is 15.1. The van der Waals surface area contributed by atoms with Crippen molar-refractivity contribution in [2.24, 2.45) is 5.92 Å². The fourth-order valence-electron chi connectivity index (χ4n) is 1.56. The van der Waals surface area contributed by atoms with Gasteiger partial charge in [0.25, 0.3) is 0 Å². The summed E-state index contributed by atoms with van der Waals surface area (Å²) in [4.78, 5) is 6.22. The van der Waals surface area contributed by atoms with E-state index < -0.39 is 0 Å². The third-order valence-electron chi connectivity index (χ3n) is 2.29. The van der Waals surface area contributed by atoms with Crippen LogP contribution in [0.5, 0.6) is 0 Å². The maximum Gasteiger partial charge on any atom is 0.0819 e. The molecule has 70 valence electrons. The Morgan fingerprint density at radius 3 is 3.21 bits per heavy atom. The van der Waals surface area contributed by atoms with Gasteiger partial charge in [-0.1, -0.05) is 12.2 Å². The Bertz CT molecular complexity index is 364. The largest absolute Gasteiger partial charge is 0.365 e. The molecule has 1 aliphatic rings. The van der Waals surface area contributed by atoms with Crippen LogP contribution in [0.25, 0.3) is 0 Å². The number of anilines is 1. The van der Waals surface area contributed by atoms with Gasteiger partial charge in [0.05, 0.1) is 23.9 Å². The van der Waals surface area contributed by atoms with Crippen LogP contribution in [-0.2, 0) is 0 Å². The Morgan fingerprint density at radius 2 is 2.50 bits per heavy atom. The number of rotatable bonds is 1. The molecule has 0 saturated heterocycles. The summed E-state index contributed by atoms with van der Waals surface area (Å²) in [6.45, 7) is 1.63. The summed E-state index contributed by atoms with van der Waals surface area (Å²) in [5.41, 5.74) is 1.08. The monoisotopic (exact) mass is 185 g/mol. The number of nitrogens with zero attached hydrogens (tertiary/aromatic N) is 3. The Morgan fingerprint density at radius 1 is 1.57 bits per heavy atom. The summed E-state index contributed by atoms with van der Waals surface area (Å²) < 4.78 is 0. The van der Waals surface area contributed by atoms with Gasteiger partial charge in [0.1, 0.15) is 0 Å². The van der Waals surface area contributed by atoms with E-state index in [0.29, 0.717) is 0 Å². The highest BCUT2D eigenvalue weighted by Gasteiger charge is 2.14. The maximum absolute atomic E-state index is 8.81. The second kappa shape index (κ2) is 3.93. The second-order valence-electron chi connectivity index (χ2n) is 3.28. The van der Waals surface area contributed by atoms with Crippen LogP contribution in [-0.4, -0.2) is 18.1 Å². The topological polar surface area (TPSA) is 39.9 Å². The highest BCUT2D eigenvalue weighted by molar-refractivity contribution is 5.45. The standard InChI is InChI=1S/C11H11N3/c12-7-10-3-2-6-14(9-10)11-4-1-5-13-8-11/h1-5,8,10H,6,9H2. The quantitative estimate of drug-likeness (QED) is 0.624. The predicted molar refractivity (Wildman–Crippen MR) is 54.7 cm³/mol. The molecule has 0 amide bonds. The van der Waals surface area contributed by atoms with Crippen LogP contribution in [0.1, 0.15) is 0 Å². The van der Waals surface area contributed by atoms with Crippen LogP contribution in [0.4, 0.5) is 5.69 Å². The summed E-state index contributed by atoms with van der Waals surface area (Å²) in [6.07, 6.45) is 7.58. The molecule has 0 bridgehead atoms. The molecule has 1 aromatic rings. The van der Waals surface area contributed by atoms with Crippen molar-refractivity contribution in [2.75, 3.05) is 18.0 Å². The van der Waals surface area contributed by atoms with Crippen LogP contribution >= 0.6 is 0 Å². The molecule has 0 saturated carbocycles. The van der Waals surface area contributed by atoms with Crippen molar-refractivity contribution in [3.8, 4) is 6.07 Å². The average Bonchev–Trinajstić information content (AvgIpc) is 2.30. The van der Waals surface area contributed by atoms with Gasteiger partial charge in [-0.05, 0) is 12.1 Å². The van der Waals surface area contributed by atoms with Crippen LogP contribution in [0.15, 0.2) is 36.7 Å². The molecule has 14 heavy (non-hydrogen) atoms. The van der Waals surface area contributed by atoms with Crippen LogP contribution < -0.4 is 4.90 Å². The first-order chi connectivity index (χ1) is 6.90. The molecule has 0 aromatic carbocycles. The fourth-order valence-corrected chi connectivity index (χ4v) is 1.56. The molecule has 3 nitrogen and oxygen atoms in total. The van der Waals surface area contributed by atoms with E-state index in [0.717, 1.165) is 18.8 Å². The lowest BCUT2D eigenvalue weighted by molar-refractivity contribution is 0.722. The smallest absolute Gasteiger partial charge is 0.0819 e. The van der Waals surface area contributed by atoms with Gasteiger partial charge in [0, 0.05) is 19.3 Å². The van der Waals surface area contributed by atoms with Crippen molar-refractivity contribution in [3.63, 3.8) is 0 Å². The molecular weight excluding hydrogens is 174 g/mol. The lowest BCUT2D eigenvalue weighted by Crippen LogP contribution is -2.31. The average molecular weight is 185 g/mol. The SMILES string of the molecule is N#CC1C=CCN(c2cccnc2)C1. The third-order valence-corrected chi connectivity index (χ3v) is 2.29. The fraction of sp³-hybridized carbons (Fsp3) is 0.273. The van der Waals surface area contributed by atoms with E-state index in [2.05, 4.69) is 16.0 Å². The summed E-state index contributed by atoms with van der Waals surface area (Å²) in [6, 6.07) is 6.18. The molecule has 2 heterocycles. The zero-order valence-corrected chi connectivity index (χ0v) is 7.80. The maximum atomic E-state index is 8.81. The minimum atomic E-state index is 0.00366. The molecule has 1 aromatic heterocycles. The number of hydrogen-bond acceptors (Lipinski definition) is 3. The van der Waals surface area contributed by atoms with Crippen molar-refractivity contribution in [1.29, 1.82) is 5.26 Å². The van der Waals surface area contributed by atoms with E-state index in [-0.39, 0.29) is 5.92 Å². The van der Waals surface area contributed by atoms with Gasteiger partial charge >= 0.3 is 0 Å². The van der Waals surface area contributed by atoms with Gasteiger partial charge in [-0.15, -0.1) is 0 Å². The minimum Gasteiger partial charge on any atom is -0.365 e. The Hall–Kier alpha value is -1.82. The molecule has 0 spiro atoms. The number of nitriles is 1. The molecule has 0 fully saturated rings. The Kier molecular flexibility index (Phi) is 2.46. The highest BCUT2D eigenvalue weighted by Crippen LogP contribution is 2.17. The molecule has 2 rings (SSSR count). The first kappa shape index (κ1) is 8.76. The first-order valence-corrected chi connectivity index (χ1v) is 4.61. The summed E-state index contributed by atoms with van der Waals surface area (Å²) >= 11 is 0. The van der Waals surface area contributed by atoms with Gasteiger partial charge in [0.15, 0.2) is 0 Å². The van der Waals surface area contributed by atoms with Crippen LogP contribution in [0.2, 0.25) is 0 Å². The molecule has 0 radical (unpaired) electrons. The summed E-state index contributed by atoms with van der Waals surface area (Å²) in [7, 11) is 0. The molecular formula is C11H11N3. The predicted octanol–water partition coefficient (Wildman–Crippen LogP) is 1.60.